The Hall–Kier alpha value is -2.15. The van der Waals surface area contributed by atoms with Crippen LogP contribution in [0.15, 0.2) is 18.2 Å². The molecule has 7 heteroatoms. The van der Waals surface area contributed by atoms with Gasteiger partial charge in [0.05, 0.1) is 11.8 Å². The monoisotopic (exact) mass is 296 g/mol. The van der Waals surface area contributed by atoms with Crippen LogP contribution in [-0.4, -0.2) is 47.8 Å². The first-order valence-electron chi connectivity index (χ1n) is 6.51. The van der Waals surface area contributed by atoms with Crippen LogP contribution >= 0.6 is 0 Å². The molecule has 1 aliphatic heterocycles. The van der Waals surface area contributed by atoms with Crippen molar-refractivity contribution in [2.24, 2.45) is 0 Å². The van der Waals surface area contributed by atoms with Gasteiger partial charge in [0.1, 0.15) is 11.9 Å². The summed E-state index contributed by atoms with van der Waals surface area (Å²) in [5.41, 5.74) is 0.822. The molecule has 2 atom stereocenters. The van der Waals surface area contributed by atoms with Crippen molar-refractivity contribution in [1.29, 1.82) is 0 Å². The minimum absolute atomic E-state index is 0.0324. The predicted octanol–water partition coefficient (Wildman–Crippen LogP) is 1.84. The molecule has 0 aliphatic carbocycles. The number of halogens is 1. The number of hydrogen-bond donors (Lipinski definition) is 2. The van der Waals surface area contributed by atoms with Crippen LogP contribution in [0.3, 0.4) is 0 Å². The summed E-state index contributed by atoms with van der Waals surface area (Å²) in [5, 5.41) is 11.6. The highest BCUT2D eigenvalue weighted by molar-refractivity contribution is 5.93. The fourth-order valence-electron chi connectivity index (χ4n) is 2.35. The zero-order valence-corrected chi connectivity index (χ0v) is 11.8. The van der Waals surface area contributed by atoms with Crippen LogP contribution in [0.2, 0.25) is 0 Å². The first-order chi connectivity index (χ1) is 9.92. The van der Waals surface area contributed by atoms with Crippen LogP contribution in [-0.2, 0) is 9.53 Å². The van der Waals surface area contributed by atoms with E-state index in [1.54, 1.807) is 13.0 Å². The summed E-state index contributed by atoms with van der Waals surface area (Å²) in [6.07, 6.45) is -0.116. The van der Waals surface area contributed by atoms with Crippen molar-refractivity contribution in [1.82, 2.24) is 4.90 Å². The van der Waals surface area contributed by atoms with Crippen molar-refractivity contribution in [2.45, 2.75) is 25.5 Å². The number of methoxy groups -OCH3 is 1. The maximum atomic E-state index is 13.6. The Labute approximate surface area is 121 Å². The average molecular weight is 296 g/mol. The van der Waals surface area contributed by atoms with E-state index in [2.05, 4.69) is 5.32 Å². The molecule has 114 valence electrons. The molecular weight excluding hydrogens is 279 g/mol. The third kappa shape index (κ3) is 3.30. The molecule has 2 N–H and O–H groups in total. The van der Waals surface area contributed by atoms with Gasteiger partial charge in [0.25, 0.3) is 0 Å². The van der Waals surface area contributed by atoms with Crippen molar-refractivity contribution in [2.75, 3.05) is 19.0 Å². The number of nitrogens with zero attached hydrogens (tertiary/aromatic N) is 1. The van der Waals surface area contributed by atoms with Crippen LogP contribution in [0, 0.1) is 12.7 Å². The molecule has 1 aromatic rings. The number of amides is 2. The molecule has 2 rings (SSSR count). The highest BCUT2D eigenvalue weighted by Crippen LogP contribution is 2.23. The van der Waals surface area contributed by atoms with E-state index in [4.69, 9.17) is 9.84 Å². The Morgan fingerprint density at radius 1 is 1.48 bits per heavy atom. The summed E-state index contributed by atoms with van der Waals surface area (Å²) in [7, 11) is 1.46. The van der Waals surface area contributed by atoms with E-state index in [0.29, 0.717) is 0 Å². The quantitative estimate of drug-likeness (QED) is 0.892. The lowest BCUT2D eigenvalue weighted by molar-refractivity contribution is -0.141. The Morgan fingerprint density at radius 2 is 2.19 bits per heavy atom. The molecule has 0 aromatic heterocycles. The van der Waals surface area contributed by atoms with Crippen molar-refractivity contribution >= 4 is 17.7 Å². The summed E-state index contributed by atoms with van der Waals surface area (Å²) in [4.78, 5) is 24.5. The summed E-state index contributed by atoms with van der Waals surface area (Å²) < 4.78 is 18.7. The molecule has 2 unspecified atom stereocenters. The summed E-state index contributed by atoms with van der Waals surface area (Å²) in [5.74, 6) is -1.67. The molecule has 6 nitrogen and oxygen atoms in total. The molecule has 0 bridgehead atoms. The van der Waals surface area contributed by atoms with Gasteiger partial charge in [-0.15, -0.1) is 0 Å². The average Bonchev–Trinajstić information content (AvgIpc) is 2.87. The number of hydrogen-bond acceptors (Lipinski definition) is 3. The number of anilines is 1. The number of aryl methyl sites for hydroxylation is 1. The molecule has 0 radical (unpaired) electrons. The molecule has 1 heterocycles. The second kappa shape index (κ2) is 6.09. The largest absolute Gasteiger partial charge is 0.480 e. The Bertz CT molecular complexity index is 564. The minimum Gasteiger partial charge on any atom is -0.480 e. The molecule has 21 heavy (non-hydrogen) atoms. The van der Waals surface area contributed by atoms with Crippen LogP contribution < -0.4 is 5.32 Å². The number of ether oxygens (including phenoxy) is 1. The highest BCUT2D eigenvalue weighted by atomic mass is 19.1. The van der Waals surface area contributed by atoms with Gasteiger partial charge in [-0.3, -0.25) is 0 Å². The van der Waals surface area contributed by atoms with Gasteiger partial charge in [0.15, 0.2) is 0 Å². The highest BCUT2D eigenvalue weighted by Gasteiger charge is 2.40. The number of carbonyl (C=O) groups is 2. The van der Waals surface area contributed by atoms with Crippen molar-refractivity contribution in [3.05, 3.63) is 29.6 Å². The molecular formula is C14H17FN2O4. The van der Waals surface area contributed by atoms with Crippen LogP contribution in [0.25, 0.3) is 0 Å². The Kier molecular flexibility index (Phi) is 4.42. The van der Waals surface area contributed by atoms with Gasteiger partial charge < -0.3 is 20.1 Å². The van der Waals surface area contributed by atoms with E-state index in [-0.39, 0.29) is 24.8 Å². The third-order valence-electron chi connectivity index (χ3n) is 3.51. The zero-order chi connectivity index (χ0) is 15.6. The number of carboxylic acid groups (broad SMARTS) is 1. The molecule has 0 spiro atoms. The smallest absolute Gasteiger partial charge is 0.326 e. The van der Waals surface area contributed by atoms with Crippen LogP contribution in [0.4, 0.5) is 14.9 Å². The number of rotatable bonds is 3. The van der Waals surface area contributed by atoms with E-state index >= 15 is 0 Å². The Balaban J connectivity index is 2.15. The van der Waals surface area contributed by atoms with Crippen LogP contribution in [0.1, 0.15) is 12.0 Å². The summed E-state index contributed by atoms with van der Waals surface area (Å²) in [6, 6.07) is 2.71. The number of benzene rings is 1. The fraction of sp³-hybridized carbons (Fsp3) is 0.429. The molecule has 1 aromatic carbocycles. The van der Waals surface area contributed by atoms with Gasteiger partial charge >= 0.3 is 12.0 Å². The molecule has 0 saturated carbocycles. The van der Waals surface area contributed by atoms with Gasteiger partial charge in [-0.05, 0) is 24.6 Å². The first kappa shape index (κ1) is 15.2. The normalized spacial score (nSPS) is 21.4. The number of carbonyl (C=O) groups excluding carboxylic acids is 1. The van der Waals surface area contributed by atoms with E-state index in [9.17, 15) is 14.0 Å². The number of aliphatic carboxylic acids is 1. The molecule has 1 saturated heterocycles. The van der Waals surface area contributed by atoms with E-state index in [0.717, 1.165) is 10.5 Å². The lowest BCUT2D eigenvalue weighted by Crippen LogP contribution is -2.43. The fourth-order valence-corrected chi connectivity index (χ4v) is 2.35. The van der Waals surface area contributed by atoms with E-state index < -0.39 is 23.9 Å². The molecule has 1 aliphatic rings. The van der Waals surface area contributed by atoms with Crippen molar-refractivity contribution < 1.29 is 23.8 Å². The first-order valence-corrected chi connectivity index (χ1v) is 6.51. The SMILES string of the molecule is COC1CC(C(=O)O)N(C(=O)Nc2cc(C)ccc2F)C1. The topological polar surface area (TPSA) is 78.9 Å². The van der Waals surface area contributed by atoms with E-state index in [1.165, 1.54) is 19.2 Å². The van der Waals surface area contributed by atoms with Gasteiger partial charge in [-0.25, -0.2) is 14.0 Å². The number of likely N-dealkylation sites (tertiary alicyclic amines) is 1. The lowest BCUT2D eigenvalue weighted by atomic mass is 10.2. The Morgan fingerprint density at radius 3 is 2.81 bits per heavy atom. The lowest BCUT2D eigenvalue weighted by Gasteiger charge is -2.22. The maximum Gasteiger partial charge on any atom is 0.326 e. The van der Waals surface area contributed by atoms with Crippen LogP contribution in [0.5, 0.6) is 0 Å². The third-order valence-corrected chi connectivity index (χ3v) is 3.51. The molecule has 1 fully saturated rings. The zero-order valence-electron chi connectivity index (χ0n) is 11.8. The van der Waals surface area contributed by atoms with Crippen molar-refractivity contribution in [3.63, 3.8) is 0 Å². The summed E-state index contributed by atoms with van der Waals surface area (Å²) in [6.45, 7) is 1.93. The minimum atomic E-state index is -1.10. The molecule has 2 amide bonds. The maximum absolute atomic E-state index is 13.6. The standard InChI is InChI=1S/C14H17FN2O4/c1-8-3-4-10(15)11(5-8)16-14(20)17-7-9(21-2)6-12(17)13(18)19/h3-5,9,12H,6-7H2,1-2H3,(H,16,20)(H,18,19). The summed E-state index contributed by atoms with van der Waals surface area (Å²) >= 11 is 0. The number of nitrogens with one attached hydrogen (secondary N) is 1. The second-order valence-corrected chi connectivity index (χ2v) is 5.01. The number of urea groups is 1. The van der Waals surface area contributed by atoms with Gasteiger partial charge in [0, 0.05) is 20.1 Å². The predicted molar refractivity (Wildman–Crippen MR) is 73.7 cm³/mol. The van der Waals surface area contributed by atoms with E-state index in [1.807, 2.05) is 0 Å². The number of carboxylic acids is 1. The van der Waals surface area contributed by atoms with Gasteiger partial charge in [-0.2, -0.15) is 0 Å². The second-order valence-electron chi connectivity index (χ2n) is 5.01. The van der Waals surface area contributed by atoms with Gasteiger partial charge in [-0.1, -0.05) is 6.07 Å². The van der Waals surface area contributed by atoms with Gasteiger partial charge in [0.2, 0.25) is 0 Å². The van der Waals surface area contributed by atoms with Crippen molar-refractivity contribution in [3.8, 4) is 0 Å².